The first-order valence-electron chi connectivity index (χ1n) is 12.0. The summed E-state index contributed by atoms with van der Waals surface area (Å²) in [6.45, 7) is 2.23. The first kappa shape index (κ1) is 26.5. The molecule has 5 nitrogen and oxygen atoms in total. The van der Waals surface area contributed by atoms with Crippen molar-refractivity contribution < 1.29 is 53.3 Å². The Morgan fingerprint density at radius 2 is 1.83 bits per heavy atom. The summed E-state index contributed by atoms with van der Waals surface area (Å²) >= 11 is 0. The number of hydrogen-bond donors (Lipinski definition) is 0. The Balaban J connectivity index is 0.00000304. The van der Waals surface area contributed by atoms with Gasteiger partial charge in [-0.25, -0.2) is 4.39 Å². The molecule has 0 amide bonds. The molecule has 1 heterocycles. The van der Waals surface area contributed by atoms with Gasteiger partial charge in [0.05, 0.1) is 18.8 Å². The van der Waals surface area contributed by atoms with Gasteiger partial charge in [0.25, 0.3) is 0 Å². The standard InChI is InChI=1S/C29H30FNO4.Na/c1-17(29(32)33)28(20-8-9-20)21-10-13-27-25(14-21)31(2)26(16-35-27)19-6-4-18(5-7-19)23-15-22(34-3)11-12-24(23)30;/h4-7,10-15,17,20,26,28H,8-9,16H2,1-3H3,(H,32,33);/q;+1/p-1/t17-,26?,28-;/m0./s1. The van der Waals surface area contributed by atoms with E-state index in [4.69, 9.17) is 9.47 Å². The number of methoxy groups -OCH3 is 1. The number of carbonyl (C=O) groups excluding carboxylic acids is 1. The van der Waals surface area contributed by atoms with Gasteiger partial charge in [0.15, 0.2) is 0 Å². The van der Waals surface area contributed by atoms with Gasteiger partial charge in [-0.1, -0.05) is 37.3 Å². The van der Waals surface area contributed by atoms with Gasteiger partial charge in [-0.3, -0.25) is 0 Å². The number of aliphatic carboxylic acids is 1. The molecular formula is C29H29FNNaO4. The average molecular weight is 498 g/mol. The van der Waals surface area contributed by atoms with Crippen LogP contribution in [0.1, 0.15) is 42.9 Å². The summed E-state index contributed by atoms with van der Waals surface area (Å²) in [5.41, 5.74) is 4.28. The van der Waals surface area contributed by atoms with Crippen molar-refractivity contribution in [2.45, 2.75) is 31.7 Å². The van der Waals surface area contributed by atoms with E-state index in [1.807, 2.05) is 43.4 Å². The van der Waals surface area contributed by atoms with Crippen molar-refractivity contribution in [1.82, 2.24) is 0 Å². The zero-order chi connectivity index (χ0) is 24.7. The summed E-state index contributed by atoms with van der Waals surface area (Å²) in [5.74, 6) is -0.124. The number of carboxylic acids is 1. The third-order valence-electron chi connectivity index (χ3n) is 7.43. The number of likely N-dealkylation sites (N-methyl/N-ethyl adjacent to an activating group) is 1. The predicted molar refractivity (Wildman–Crippen MR) is 131 cm³/mol. The molecule has 0 saturated heterocycles. The number of carbonyl (C=O) groups is 1. The molecule has 1 unspecified atom stereocenters. The van der Waals surface area contributed by atoms with Gasteiger partial charge < -0.3 is 24.3 Å². The number of halogens is 1. The van der Waals surface area contributed by atoms with E-state index in [1.54, 1.807) is 26.2 Å². The van der Waals surface area contributed by atoms with E-state index in [0.29, 0.717) is 23.8 Å². The maximum atomic E-state index is 14.4. The van der Waals surface area contributed by atoms with Crippen molar-refractivity contribution in [2.75, 3.05) is 25.7 Å². The Bertz CT molecular complexity index is 1240. The van der Waals surface area contributed by atoms with Crippen LogP contribution in [0.4, 0.5) is 10.1 Å². The number of nitrogens with zero attached hydrogens (tertiary/aromatic N) is 1. The second kappa shape index (κ2) is 10.8. The zero-order valence-corrected chi connectivity index (χ0v) is 23.2. The fourth-order valence-electron chi connectivity index (χ4n) is 5.22. The van der Waals surface area contributed by atoms with Crippen molar-refractivity contribution in [1.29, 1.82) is 0 Å². The summed E-state index contributed by atoms with van der Waals surface area (Å²) in [6.07, 6.45) is 2.10. The van der Waals surface area contributed by atoms with E-state index in [-0.39, 0.29) is 47.3 Å². The number of hydrogen-bond acceptors (Lipinski definition) is 5. The van der Waals surface area contributed by atoms with E-state index in [0.717, 1.165) is 41.0 Å². The van der Waals surface area contributed by atoms with Crippen LogP contribution in [-0.4, -0.2) is 26.7 Å². The molecule has 0 bridgehead atoms. The third kappa shape index (κ3) is 5.13. The molecule has 1 aliphatic carbocycles. The largest absolute Gasteiger partial charge is 1.00 e. The van der Waals surface area contributed by atoms with Crippen LogP contribution in [-0.2, 0) is 4.79 Å². The monoisotopic (exact) mass is 497 g/mol. The van der Waals surface area contributed by atoms with Gasteiger partial charge in [-0.15, -0.1) is 0 Å². The number of anilines is 1. The Morgan fingerprint density at radius 1 is 1.11 bits per heavy atom. The normalized spacial score (nSPS) is 18.3. The molecule has 0 radical (unpaired) electrons. The number of carboxylic acid groups (broad SMARTS) is 1. The van der Waals surface area contributed by atoms with Crippen LogP contribution in [0.25, 0.3) is 11.1 Å². The molecular weight excluding hydrogens is 468 g/mol. The molecule has 0 spiro atoms. The summed E-state index contributed by atoms with van der Waals surface area (Å²) in [5, 5.41) is 11.6. The minimum Gasteiger partial charge on any atom is -0.550 e. The van der Waals surface area contributed by atoms with Crippen LogP contribution in [0, 0.1) is 17.7 Å². The van der Waals surface area contributed by atoms with E-state index in [1.165, 1.54) is 6.07 Å². The van der Waals surface area contributed by atoms with Crippen LogP contribution < -0.4 is 49.0 Å². The van der Waals surface area contributed by atoms with E-state index < -0.39 is 11.9 Å². The topological polar surface area (TPSA) is 61.8 Å². The van der Waals surface area contributed by atoms with Crippen molar-refractivity contribution in [3.63, 3.8) is 0 Å². The number of fused-ring (bicyclic) bond motifs is 1. The van der Waals surface area contributed by atoms with Crippen molar-refractivity contribution in [3.05, 3.63) is 77.6 Å². The second-order valence-electron chi connectivity index (χ2n) is 9.60. The molecule has 1 saturated carbocycles. The SMILES string of the molecule is COc1ccc(F)c(-c2ccc(C3COc4ccc([C@H](C5CC5)[C@H](C)C(=O)[O-])cc4N3C)cc2)c1.[Na+]. The number of rotatable bonds is 7. The first-order valence-corrected chi connectivity index (χ1v) is 12.0. The van der Waals surface area contributed by atoms with Crippen LogP contribution in [0.15, 0.2) is 60.7 Å². The molecule has 1 fully saturated rings. The molecule has 1 aliphatic heterocycles. The molecule has 0 aromatic heterocycles. The van der Waals surface area contributed by atoms with E-state index in [9.17, 15) is 14.3 Å². The molecule has 3 atom stereocenters. The van der Waals surface area contributed by atoms with Gasteiger partial charge in [0, 0.05) is 24.5 Å². The van der Waals surface area contributed by atoms with Gasteiger partial charge in [-0.2, -0.15) is 0 Å². The molecule has 2 aliphatic rings. The molecule has 36 heavy (non-hydrogen) atoms. The fourth-order valence-corrected chi connectivity index (χ4v) is 5.22. The van der Waals surface area contributed by atoms with Crippen molar-refractivity contribution in [3.8, 4) is 22.6 Å². The average Bonchev–Trinajstić information content (AvgIpc) is 3.70. The van der Waals surface area contributed by atoms with E-state index >= 15 is 0 Å². The number of ether oxygens (including phenoxy) is 2. The molecule has 5 rings (SSSR count). The Morgan fingerprint density at radius 3 is 2.47 bits per heavy atom. The molecule has 182 valence electrons. The Hall–Kier alpha value is -2.54. The third-order valence-corrected chi connectivity index (χ3v) is 7.43. The molecule has 7 heteroatoms. The van der Waals surface area contributed by atoms with Crippen LogP contribution in [0.5, 0.6) is 11.5 Å². The molecule has 0 N–H and O–H groups in total. The zero-order valence-electron chi connectivity index (χ0n) is 21.2. The Labute approximate surface area is 233 Å². The minimum absolute atomic E-state index is 0. The van der Waals surface area contributed by atoms with E-state index in [2.05, 4.69) is 11.0 Å². The quantitative estimate of drug-likeness (QED) is 0.467. The van der Waals surface area contributed by atoms with Gasteiger partial charge in [0.1, 0.15) is 23.9 Å². The molecule has 3 aromatic rings. The van der Waals surface area contributed by atoms with Gasteiger partial charge in [-0.05, 0) is 71.7 Å². The van der Waals surface area contributed by atoms with Gasteiger partial charge in [0.2, 0.25) is 0 Å². The maximum Gasteiger partial charge on any atom is 1.00 e. The maximum absolute atomic E-state index is 14.4. The summed E-state index contributed by atoms with van der Waals surface area (Å²) in [4.78, 5) is 13.8. The van der Waals surface area contributed by atoms with Crippen molar-refractivity contribution >= 4 is 11.7 Å². The van der Waals surface area contributed by atoms with Crippen molar-refractivity contribution in [2.24, 2.45) is 11.8 Å². The first-order chi connectivity index (χ1) is 16.9. The second-order valence-corrected chi connectivity index (χ2v) is 9.60. The van der Waals surface area contributed by atoms with Gasteiger partial charge >= 0.3 is 29.6 Å². The van der Waals surface area contributed by atoms with Crippen LogP contribution >= 0.6 is 0 Å². The predicted octanol–water partition coefficient (Wildman–Crippen LogP) is 1.95. The van der Waals surface area contributed by atoms with Crippen LogP contribution in [0.3, 0.4) is 0 Å². The smallest absolute Gasteiger partial charge is 0.550 e. The fraction of sp³-hybridized carbons (Fsp3) is 0.345. The number of benzene rings is 3. The summed E-state index contributed by atoms with van der Waals surface area (Å²) in [7, 11) is 3.59. The summed E-state index contributed by atoms with van der Waals surface area (Å²) in [6, 6.07) is 18.5. The molecule has 3 aromatic carbocycles. The Kier molecular flexibility index (Phi) is 7.98. The summed E-state index contributed by atoms with van der Waals surface area (Å²) < 4.78 is 25.8. The van der Waals surface area contributed by atoms with Crippen LogP contribution in [0.2, 0.25) is 0 Å². The minimum atomic E-state index is -1.00.